The number of carbonyl (C=O) groups is 1. The van der Waals surface area contributed by atoms with Gasteiger partial charge in [0.1, 0.15) is 6.54 Å². The number of para-hydroxylation sites is 1. The second-order valence-electron chi connectivity index (χ2n) is 5.24. The van der Waals surface area contributed by atoms with Gasteiger partial charge in [-0.3, -0.25) is 4.79 Å². The molecule has 1 amide bonds. The van der Waals surface area contributed by atoms with Gasteiger partial charge in [0.05, 0.1) is 6.54 Å². The average molecular weight is 314 g/mol. The fourth-order valence-corrected chi connectivity index (χ4v) is 2.20. The first-order valence-electron chi connectivity index (χ1n) is 7.00. The van der Waals surface area contributed by atoms with E-state index in [1.165, 1.54) is 6.07 Å². The number of anilines is 1. The summed E-state index contributed by atoms with van der Waals surface area (Å²) in [6, 6.07) is 6.59. The van der Waals surface area contributed by atoms with E-state index in [0.29, 0.717) is 10.5 Å². The van der Waals surface area contributed by atoms with Gasteiger partial charge in [0.2, 0.25) is 5.91 Å². The first-order chi connectivity index (χ1) is 10.2. The van der Waals surface area contributed by atoms with Gasteiger partial charge in [0.15, 0.2) is 0 Å². The third-order valence-corrected chi connectivity index (χ3v) is 3.69. The van der Waals surface area contributed by atoms with Gasteiger partial charge < -0.3 is 10.6 Å². The van der Waals surface area contributed by atoms with E-state index in [1.54, 1.807) is 24.3 Å². The van der Waals surface area contributed by atoms with Crippen molar-refractivity contribution in [1.29, 1.82) is 0 Å². The molecular formula is C16H21F3N2O. The van der Waals surface area contributed by atoms with Gasteiger partial charge in [-0.25, -0.2) is 0 Å². The number of benzene rings is 1. The lowest BCUT2D eigenvalue weighted by atomic mass is 9.87. The Bertz CT molecular complexity index is 528. The van der Waals surface area contributed by atoms with Crippen molar-refractivity contribution in [2.24, 2.45) is 11.7 Å². The molecule has 0 heterocycles. The van der Waals surface area contributed by atoms with Crippen molar-refractivity contribution < 1.29 is 18.0 Å². The summed E-state index contributed by atoms with van der Waals surface area (Å²) in [5, 5.41) is 0. The van der Waals surface area contributed by atoms with Crippen molar-refractivity contribution >= 4 is 11.6 Å². The van der Waals surface area contributed by atoms with E-state index in [0.717, 1.165) is 0 Å². The Morgan fingerprint density at radius 1 is 1.36 bits per heavy atom. The molecule has 22 heavy (non-hydrogen) atoms. The molecule has 2 N–H and O–H groups in total. The molecule has 0 spiro atoms. The van der Waals surface area contributed by atoms with Crippen molar-refractivity contribution in [1.82, 2.24) is 0 Å². The second-order valence-corrected chi connectivity index (χ2v) is 5.24. The Labute approximate surface area is 128 Å². The zero-order chi connectivity index (χ0) is 16.9. The number of amides is 1. The Morgan fingerprint density at radius 2 is 1.95 bits per heavy atom. The molecule has 2 unspecified atom stereocenters. The fraction of sp³-hybridized carbons (Fsp3) is 0.438. The first kappa shape index (κ1) is 18.2. The quantitative estimate of drug-likeness (QED) is 0.817. The smallest absolute Gasteiger partial charge is 0.322 e. The van der Waals surface area contributed by atoms with Gasteiger partial charge in [-0.15, -0.1) is 6.58 Å². The maximum Gasteiger partial charge on any atom is 0.406 e. The van der Waals surface area contributed by atoms with Crippen LogP contribution in [0.2, 0.25) is 0 Å². The molecule has 0 fully saturated rings. The van der Waals surface area contributed by atoms with Gasteiger partial charge >= 0.3 is 6.18 Å². The molecule has 6 heteroatoms. The van der Waals surface area contributed by atoms with Crippen LogP contribution in [0.4, 0.5) is 18.9 Å². The predicted molar refractivity (Wildman–Crippen MR) is 81.7 cm³/mol. The number of nitrogens with zero attached hydrogens (tertiary/aromatic N) is 1. The Hall–Kier alpha value is -1.82. The standard InChI is InChI=1S/C16H21F3N2O/c1-4-11(2)12(3)13-7-5-6-8-14(13)21(15(22)9-20)10-16(17,18)19/h4-8,11-12H,1,9-10,20H2,2-3H3. The summed E-state index contributed by atoms with van der Waals surface area (Å²) >= 11 is 0. The van der Waals surface area contributed by atoms with Crippen LogP contribution in [0.25, 0.3) is 0 Å². The van der Waals surface area contributed by atoms with Gasteiger partial charge in [-0.2, -0.15) is 13.2 Å². The van der Waals surface area contributed by atoms with Crippen LogP contribution in [0.5, 0.6) is 0 Å². The number of hydrogen-bond acceptors (Lipinski definition) is 2. The number of allylic oxidation sites excluding steroid dienone is 1. The summed E-state index contributed by atoms with van der Waals surface area (Å²) in [5.74, 6) is -0.778. The zero-order valence-electron chi connectivity index (χ0n) is 12.7. The molecular weight excluding hydrogens is 293 g/mol. The molecule has 0 saturated heterocycles. The van der Waals surface area contributed by atoms with E-state index in [9.17, 15) is 18.0 Å². The molecule has 3 nitrogen and oxygen atoms in total. The number of carbonyl (C=O) groups excluding carboxylic acids is 1. The zero-order valence-corrected chi connectivity index (χ0v) is 12.7. The Balaban J connectivity index is 3.30. The predicted octanol–water partition coefficient (Wildman–Crippen LogP) is 3.47. The molecule has 1 aromatic carbocycles. The normalized spacial score (nSPS) is 14.3. The van der Waals surface area contributed by atoms with Crippen molar-refractivity contribution in [2.75, 3.05) is 18.0 Å². The molecule has 0 saturated carbocycles. The van der Waals surface area contributed by atoms with E-state index in [4.69, 9.17) is 5.73 Å². The van der Waals surface area contributed by atoms with Crippen LogP contribution in [0.15, 0.2) is 36.9 Å². The highest BCUT2D eigenvalue weighted by Crippen LogP contribution is 2.34. The lowest BCUT2D eigenvalue weighted by molar-refractivity contribution is -0.131. The fourth-order valence-electron chi connectivity index (χ4n) is 2.20. The monoisotopic (exact) mass is 314 g/mol. The molecule has 0 bridgehead atoms. The van der Waals surface area contributed by atoms with E-state index in [2.05, 4.69) is 6.58 Å². The number of alkyl halides is 3. The topological polar surface area (TPSA) is 46.3 Å². The largest absolute Gasteiger partial charge is 0.406 e. The number of halogens is 3. The summed E-state index contributed by atoms with van der Waals surface area (Å²) in [5.41, 5.74) is 6.18. The highest BCUT2D eigenvalue weighted by atomic mass is 19.4. The van der Waals surface area contributed by atoms with E-state index < -0.39 is 25.2 Å². The number of rotatable bonds is 6. The highest BCUT2D eigenvalue weighted by Gasteiger charge is 2.34. The van der Waals surface area contributed by atoms with Crippen LogP contribution >= 0.6 is 0 Å². The number of nitrogens with two attached hydrogens (primary N) is 1. The molecule has 122 valence electrons. The SMILES string of the molecule is C=CC(C)C(C)c1ccccc1N(CC(F)(F)F)C(=O)CN. The number of hydrogen-bond donors (Lipinski definition) is 1. The minimum atomic E-state index is -4.49. The van der Waals surface area contributed by atoms with Crippen molar-refractivity contribution in [3.05, 3.63) is 42.5 Å². The molecule has 0 aromatic heterocycles. The maximum absolute atomic E-state index is 12.8. The van der Waals surface area contributed by atoms with E-state index >= 15 is 0 Å². The van der Waals surface area contributed by atoms with Crippen LogP contribution in [0.1, 0.15) is 25.3 Å². The summed E-state index contributed by atoms with van der Waals surface area (Å²) in [6.45, 7) is 5.70. The van der Waals surface area contributed by atoms with E-state index in [-0.39, 0.29) is 17.5 Å². The van der Waals surface area contributed by atoms with E-state index in [1.807, 2.05) is 13.8 Å². The third kappa shape index (κ3) is 4.59. The van der Waals surface area contributed by atoms with Crippen LogP contribution in [-0.2, 0) is 4.79 Å². The summed E-state index contributed by atoms with van der Waals surface area (Å²) in [4.78, 5) is 12.6. The molecule has 2 atom stereocenters. The lowest BCUT2D eigenvalue weighted by Crippen LogP contribution is -2.43. The Kier molecular flexibility index (Phi) is 6.17. The maximum atomic E-state index is 12.8. The molecule has 0 radical (unpaired) electrons. The summed E-state index contributed by atoms with van der Waals surface area (Å²) < 4.78 is 38.4. The van der Waals surface area contributed by atoms with Crippen LogP contribution < -0.4 is 10.6 Å². The minimum absolute atomic E-state index is 0.0573. The molecule has 1 aromatic rings. The van der Waals surface area contributed by atoms with Crippen LogP contribution in [-0.4, -0.2) is 25.2 Å². The minimum Gasteiger partial charge on any atom is -0.322 e. The molecule has 0 aliphatic rings. The second kappa shape index (κ2) is 7.45. The third-order valence-electron chi connectivity index (χ3n) is 3.69. The highest BCUT2D eigenvalue weighted by molar-refractivity contribution is 5.95. The summed E-state index contributed by atoms with van der Waals surface area (Å²) in [7, 11) is 0. The Morgan fingerprint density at radius 3 is 2.45 bits per heavy atom. The van der Waals surface area contributed by atoms with Gasteiger partial charge in [-0.1, -0.05) is 38.1 Å². The molecule has 1 rings (SSSR count). The van der Waals surface area contributed by atoms with Crippen LogP contribution in [0, 0.1) is 5.92 Å². The molecule has 0 aliphatic heterocycles. The van der Waals surface area contributed by atoms with Crippen molar-refractivity contribution in [3.63, 3.8) is 0 Å². The summed E-state index contributed by atoms with van der Waals surface area (Å²) in [6.07, 6.45) is -2.76. The van der Waals surface area contributed by atoms with Gasteiger partial charge in [0, 0.05) is 5.69 Å². The first-order valence-corrected chi connectivity index (χ1v) is 7.00. The van der Waals surface area contributed by atoms with Crippen LogP contribution in [0.3, 0.4) is 0 Å². The average Bonchev–Trinajstić information content (AvgIpc) is 2.49. The van der Waals surface area contributed by atoms with Gasteiger partial charge in [-0.05, 0) is 23.5 Å². The molecule has 0 aliphatic carbocycles. The lowest BCUT2D eigenvalue weighted by Gasteiger charge is -2.29. The van der Waals surface area contributed by atoms with Crippen molar-refractivity contribution in [2.45, 2.75) is 25.9 Å². The van der Waals surface area contributed by atoms with Crippen molar-refractivity contribution in [3.8, 4) is 0 Å². The van der Waals surface area contributed by atoms with Gasteiger partial charge in [0.25, 0.3) is 0 Å².